The molecule has 3 heteroatoms. The van der Waals surface area contributed by atoms with Crippen molar-refractivity contribution in [1.82, 2.24) is 0 Å². The Bertz CT molecular complexity index is 384. The number of ketones is 1. The van der Waals surface area contributed by atoms with Crippen LogP contribution in [0.3, 0.4) is 0 Å². The number of hydrogen-bond donors (Lipinski definition) is 0. The highest BCUT2D eigenvalue weighted by Crippen LogP contribution is 2.43. The number of Topliss-reactive ketones (excluding diaryl/α,β-unsaturated/α-hetero) is 1. The lowest BCUT2D eigenvalue weighted by Gasteiger charge is -2.39. The van der Waals surface area contributed by atoms with Crippen molar-refractivity contribution < 1.29 is 9.22 Å². The van der Waals surface area contributed by atoms with Crippen molar-refractivity contribution in [1.29, 1.82) is 0 Å². The van der Waals surface area contributed by atoms with Gasteiger partial charge in [-0.2, -0.15) is 0 Å². The second kappa shape index (κ2) is 9.52. The lowest BCUT2D eigenvalue weighted by atomic mass is 9.81. The maximum atomic E-state index is 12.6. The first-order valence-corrected chi connectivity index (χ1v) is 13.2. The summed E-state index contributed by atoms with van der Waals surface area (Å²) in [6.45, 7) is 14.4. The Morgan fingerprint density at radius 3 is 2.12 bits per heavy atom. The van der Waals surface area contributed by atoms with Gasteiger partial charge in [0, 0.05) is 13.0 Å². The molecule has 0 heterocycles. The van der Waals surface area contributed by atoms with Crippen LogP contribution in [-0.2, 0) is 9.22 Å². The summed E-state index contributed by atoms with van der Waals surface area (Å²) in [4.78, 5) is 12.6. The second-order valence-electron chi connectivity index (χ2n) is 9.48. The number of unbranched alkanes of at least 4 members (excludes halogenated alkanes) is 6. The Morgan fingerprint density at radius 2 is 1.62 bits per heavy atom. The van der Waals surface area contributed by atoms with Gasteiger partial charge < -0.3 is 4.43 Å². The molecule has 1 atom stereocenters. The second-order valence-corrected chi connectivity index (χ2v) is 14.3. The summed E-state index contributed by atoms with van der Waals surface area (Å²) < 4.78 is 6.48. The van der Waals surface area contributed by atoms with E-state index in [1.54, 1.807) is 0 Å². The molecule has 24 heavy (non-hydrogen) atoms. The zero-order chi connectivity index (χ0) is 18.3. The van der Waals surface area contributed by atoms with Crippen LogP contribution in [0.25, 0.3) is 0 Å². The minimum absolute atomic E-state index is 0.154. The SMILES string of the molecule is CCCCCCCCC[C@@]1(CO[Si](C)(C)C(C)(C)C)CCCC1=O. The molecule has 1 rings (SSSR count). The molecule has 1 fully saturated rings. The minimum Gasteiger partial charge on any atom is -0.416 e. The fourth-order valence-corrected chi connectivity index (χ4v) is 4.51. The molecule has 1 aliphatic rings. The zero-order valence-corrected chi connectivity index (χ0v) is 18.3. The molecule has 0 amide bonds. The van der Waals surface area contributed by atoms with Crippen molar-refractivity contribution in [2.75, 3.05) is 6.61 Å². The van der Waals surface area contributed by atoms with Crippen molar-refractivity contribution in [3.63, 3.8) is 0 Å². The first-order valence-electron chi connectivity index (χ1n) is 10.3. The van der Waals surface area contributed by atoms with Gasteiger partial charge in [0.05, 0.1) is 5.41 Å². The van der Waals surface area contributed by atoms with Crippen LogP contribution in [-0.4, -0.2) is 20.7 Å². The highest BCUT2D eigenvalue weighted by molar-refractivity contribution is 6.74. The van der Waals surface area contributed by atoms with Gasteiger partial charge >= 0.3 is 0 Å². The summed E-state index contributed by atoms with van der Waals surface area (Å²) in [6.07, 6.45) is 13.1. The fourth-order valence-electron chi connectivity index (χ4n) is 3.44. The maximum absolute atomic E-state index is 12.6. The molecule has 0 saturated heterocycles. The van der Waals surface area contributed by atoms with Crippen molar-refractivity contribution >= 4 is 14.1 Å². The van der Waals surface area contributed by atoms with Crippen LogP contribution in [0.2, 0.25) is 18.1 Å². The Labute approximate surface area is 152 Å². The van der Waals surface area contributed by atoms with E-state index in [4.69, 9.17) is 4.43 Å². The van der Waals surface area contributed by atoms with Crippen LogP contribution >= 0.6 is 0 Å². The molecule has 0 aromatic heterocycles. The number of carbonyl (C=O) groups excluding carboxylic acids is 1. The molecule has 0 spiro atoms. The topological polar surface area (TPSA) is 26.3 Å². The number of carbonyl (C=O) groups is 1. The van der Waals surface area contributed by atoms with Crippen LogP contribution in [0.15, 0.2) is 0 Å². The molecule has 0 unspecified atom stereocenters. The maximum Gasteiger partial charge on any atom is 0.192 e. The van der Waals surface area contributed by atoms with Crippen LogP contribution in [0.4, 0.5) is 0 Å². The lowest BCUT2D eigenvalue weighted by molar-refractivity contribution is -0.128. The van der Waals surface area contributed by atoms with E-state index in [-0.39, 0.29) is 10.5 Å². The quantitative estimate of drug-likeness (QED) is 0.298. The normalized spacial score (nSPS) is 22.3. The van der Waals surface area contributed by atoms with Gasteiger partial charge in [0.25, 0.3) is 0 Å². The number of hydrogen-bond acceptors (Lipinski definition) is 2. The Morgan fingerprint density at radius 1 is 1.04 bits per heavy atom. The summed E-state index contributed by atoms with van der Waals surface area (Å²) in [5, 5.41) is 0.217. The molecular weight excluding hydrogens is 312 g/mol. The van der Waals surface area contributed by atoms with Crippen molar-refractivity contribution in [3.8, 4) is 0 Å². The van der Waals surface area contributed by atoms with Crippen LogP contribution < -0.4 is 0 Å². The van der Waals surface area contributed by atoms with E-state index in [1.807, 2.05) is 0 Å². The molecule has 0 N–H and O–H groups in total. The predicted molar refractivity (Wildman–Crippen MR) is 107 cm³/mol. The molecule has 1 aliphatic carbocycles. The monoisotopic (exact) mass is 354 g/mol. The summed E-state index contributed by atoms with van der Waals surface area (Å²) in [6, 6.07) is 0. The van der Waals surface area contributed by atoms with Crippen LogP contribution in [0.1, 0.15) is 98.3 Å². The van der Waals surface area contributed by atoms with E-state index in [0.29, 0.717) is 12.4 Å². The summed E-state index contributed by atoms with van der Waals surface area (Å²) >= 11 is 0. The number of rotatable bonds is 11. The average molecular weight is 355 g/mol. The van der Waals surface area contributed by atoms with E-state index in [1.165, 1.54) is 44.9 Å². The third-order valence-corrected chi connectivity index (χ3v) is 10.9. The van der Waals surface area contributed by atoms with Gasteiger partial charge in [0.1, 0.15) is 5.78 Å². The molecule has 0 radical (unpaired) electrons. The standard InChI is InChI=1S/C21H42O2Si/c1-7-8-9-10-11-12-13-16-21(17-14-15-19(21)22)18-23-24(5,6)20(2,3)4/h7-18H2,1-6H3/t21-/m0/s1. The highest BCUT2D eigenvalue weighted by Gasteiger charge is 2.45. The largest absolute Gasteiger partial charge is 0.416 e. The van der Waals surface area contributed by atoms with Crippen LogP contribution in [0.5, 0.6) is 0 Å². The molecule has 1 saturated carbocycles. The third-order valence-electron chi connectivity index (χ3n) is 6.43. The zero-order valence-electron chi connectivity index (χ0n) is 17.3. The van der Waals surface area contributed by atoms with Gasteiger partial charge in [0.2, 0.25) is 0 Å². The van der Waals surface area contributed by atoms with Gasteiger partial charge in [-0.3, -0.25) is 4.79 Å². The average Bonchev–Trinajstić information content (AvgIpc) is 2.85. The predicted octanol–water partition coefficient (Wildman–Crippen LogP) is 6.89. The first-order chi connectivity index (χ1) is 11.1. The van der Waals surface area contributed by atoms with E-state index >= 15 is 0 Å². The molecular formula is C21H42O2Si. The van der Waals surface area contributed by atoms with E-state index in [2.05, 4.69) is 40.8 Å². The highest BCUT2D eigenvalue weighted by atomic mass is 28.4. The third kappa shape index (κ3) is 6.29. The Kier molecular flexibility index (Phi) is 8.68. The van der Waals surface area contributed by atoms with Crippen molar-refractivity contribution in [2.45, 2.75) is 116 Å². The first kappa shape index (κ1) is 21.9. The lowest BCUT2D eigenvalue weighted by Crippen LogP contribution is -2.45. The van der Waals surface area contributed by atoms with Gasteiger partial charge in [-0.05, 0) is 37.4 Å². The summed E-state index contributed by atoms with van der Waals surface area (Å²) in [7, 11) is -1.77. The Balaban J connectivity index is 2.48. The summed E-state index contributed by atoms with van der Waals surface area (Å²) in [5.74, 6) is 0.479. The van der Waals surface area contributed by atoms with E-state index < -0.39 is 8.32 Å². The molecule has 0 aromatic rings. The van der Waals surface area contributed by atoms with Crippen LogP contribution in [0, 0.1) is 5.41 Å². The molecule has 0 bridgehead atoms. The van der Waals surface area contributed by atoms with Crippen molar-refractivity contribution in [2.24, 2.45) is 5.41 Å². The van der Waals surface area contributed by atoms with E-state index in [9.17, 15) is 4.79 Å². The minimum atomic E-state index is -1.77. The van der Waals surface area contributed by atoms with Gasteiger partial charge in [-0.15, -0.1) is 0 Å². The van der Waals surface area contributed by atoms with Gasteiger partial charge in [-0.1, -0.05) is 72.6 Å². The molecule has 0 aromatic carbocycles. The summed E-state index contributed by atoms with van der Waals surface area (Å²) in [5.41, 5.74) is -0.154. The van der Waals surface area contributed by atoms with Gasteiger partial charge in [0.15, 0.2) is 8.32 Å². The molecule has 0 aliphatic heterocycles. The molecule has 2 nitrogen and oxygen atoms in total. The van der Waals surface area contributed by atoms with Gasteiger partial charge in [-0.25, -0.2) is 0 Å². The molecule has 142 valence electrons. The van der Waals surface area contributed by atoms with Crippen molar-refractivity contribution in [3.05, 3.63) is 0 Å². The fraction of sp³-hybridized carbons (Fsp3) is 0.952. The smallest absolute Gasteiger partial charge is 0.192 e. The Hall–Kier alpha value is -0.153. The van der Waals surface area contributed by atoms with E-state index in [0.717, 1.165) is 25.7 Å².